The molecule has 1 heterocycles. The smallest absolute Gasteiger partial charge is 0.0914 e. The van der Waals surface area contributed by atoms with E-state index in [1.807, 2.05) is 42.1 Å². The standard InChI is InChI=1S/C15H20N4O/c1-19-14-8-7-12(9-13(14)17-18-19)16-10-15(20)11-5-3-2-4-6-11/h2-6,12,15-16,20H,7-10H2,1H3/t12?,15-/m1/s1. The van der Waals surface area contributed by atoms with E-state index in [0.717, 1.165) is 30.5 Å². The fraction of sp³-hybridized carbons (Fsp3) is 0.467. The van der Waals surface area contributed by atoms with Gasteiger partial charge in [0.25, 0.3) is 0 Å². The van der Waals surface area contributed by atoms with Gasteiger partial charge in [0.2, 0.25) is 0 Å². The molecule has 2 atom stereocenters. The van der Waals surface area contributed by atoms with Crippen molar-refractivity contribution in [2.24, 2.45) is 7.05 Å². The second-order valence-corrected chi connectivity index (χ2v) is 5.38. The minimum Gasteiger partial charge on any atom is -0.387 e. The average Bonchev–Trinajstić information content (AvgIpc) is 2.87. The van der Waals surface area contributed by atoms with Crippen LogP contribution in [0.3, 0.4) is 0 Å². The van der Waals surface area contributed by atoms with Crippen molar-refractivity contribution < 1.29 is 5.11 Å². The highest BCUT2D eigenvalue weighted by Crippen LogP contribution is 2.19. The van der Waals surface area contributed by atoms with Crippen LogP contribution in [-0.4, -0.2) is 32.7 Å². The third-order valence-corrected chi connectivity index (χ3v) is 3.98. The van der Waals surface area contributed by atoms with Crippen LogP contribution in [0.4, 0.5) is 0 Å². The summed E-state index contributed by atoms with van der Waals surface area (Å²) in [6.45, 7) is 0.574. The summed E-state index contributed by atoms with van der Waals surface area (Å²) in [5.74, 6) is 0. The quantitative estimate of drug-likeness (QED) is 0.871. The molecule has 3 rings (SSSR count). The monoisotopic (exact) mass is 272 g/mol. The van der Waals surface area contributed by atoms with Gasteiger partial charge in [-0.05, 0) is 18.4 Å². The number of benzene rings is 1. The summed E-state index contributed by atoms with van der Waals surface area (Å²) in [5, 5.41) is 21.9. The first-order valence-electron chi connectivity index (χ1n) is 7.08. The Hall–Kier alpha value is -1.72. The molecule has 2 aromatic rings. The summed E-state index contributed by atoms with van der Waals surface area (Å²) in [7, 11) is 1.94. The van der Waals surface area contributed by atoms with Gasteiger partial charge in [-0.3, -0.25) is 4.68 Å². The zero-order valence-electron chi connectivity index (χ0n) is 11.7. The molecule has 0 aliphatic heterocycles. The summed E-state index contributed by atoms with van der Waals surface area (Å²) >= 11 is 0. The molecule has 1 aliphatic rings. The summed E-state index contributed by atoms with van der Waals surface area (Å²) in [6.07, 6.45) is 2.50. The van der Waals surface area contributed by atoms with Gasteiger partial charge >= 0.3 is 0 Å². The number of aromatic nitrogens is 3. The van der Waals surface area contributed by atoms with Crippen LogP contribution in [-0.2, 0) is 19.9 Å². The molecule has 20 heavy (non-hydrogen) atoms. The third kappa shape index (κ3) is 2.73. The summed E-state index contributed by atoms with van der Waals surface area (Å²) in [6, 6.07) is 10.1. The molecule has 0 fully saturated rings. The van der Waals surface area contributed by atoms with Crippen LogP contribution in [0.15, 0.2) is 30.3 Å². The Morgan fingerprint density at radius 2 is 2.20 bits per heavy atom. The van der Waals surface area contributed by atoms with E-state index in [-0.39, 0.29) is 0 Å². The molecule has 0 amide bonds. The Morgan fingerprint density at radius 1 is 1.40 bits per heavy atom. The van der Waals surface area contributed by atoms with Crippen LogP contribution in [0.5, 0.6) is 0 Å². The first-order valence-corrected chi connectivity index (χ1v) is 7.08. The molecule has 0 saturated heterocycles. The van der Waals surface area contributed by atoms with Crippen LogP contribution in [0, 0.1) is 0 Å². The number of hydrogen-bond donors (Lipinski definition) is 2. The van der Waals surface area contributed by atoms with Crippen LogP contribution in [0.25, 0.3) is 0 Å². The lowest BCUT2D eigenvalue weighted by molar-refractivity contribution is 0.168. The van der Waals surface area contributed by atoms with Crippen LogP contribution in [0.1, 0.15) is 29.5 Å². The van der Waals surface area contributed by atoms with E-state index in [1.54, 1.807) is 0 Å². The minimum atomic E-state index is -0.459. The fourth-order valence-electron chi connectivity index (χ4n) is 2.78. The molecule has 1 aromatic carbocycles. The Morgan fingerprint density at radius 3 is 3.00 bits per heavy atom. The first kappa shape index (κ1) is 13.3. The van der Waals surface area contributed by atoms with E-state index >= 15 is 0 Å². The van der Waals surface area contributed by atoms with Gasteiger partial charge in [-0.2, -0.15) is 0 Å². The van der Waals surface area contributed by atoms with E-state index in [0.29, 0.717) is 12.6 Å². The second-order valence-electron chi connectivity index (χ2n) is 5.38. The largest absolute Gasteiger partial charge is 0.387 e. The van der Waals surface area contributed by atoms with Gasteiger partial charge in [-0.25, -0.2) is 0 Å². The number of hydrogen-bond acceptors (Lipinski definition) is 4. The van der Waals surface area contributed by atoms with E-state index in [9.17, 15) is 5.11 Å². The summed E-state index contributed by atoms with van der Waals surface area (Å²) in [4.78, 5) is 0. The molecule has 0 saturated carbocycles. The maximum Gasteiger partial charge on any atom is 0.0914 e. The maximum atomic E-state index is 10.2. The second kappa shape index (κ2) is 5.73. The lowest BCUT2D eigenvalue weighted by atomic mass is 9.95. The lowest BCUT2D eigenvalue weighted by Crippen LogP contribution is -2.37. The molecule has 0 spiro atoms. The van der Waals surface area contributed by atoms with Gasteiger partial charge in [0.05, 0.1) is 17.5 Å². The van der Waals surface area contributed by atoms with Gasteiger partial charge in [0.1, 0.15) is 0 Å². The fourth-order valence-corrected chi connectivity index (χ4v) is 2.78. The Labute approximate surface area is 118 Å². The van der Waals surface area contributed by atoms with Crippen molar-refractivity contribution in [2.75, 3.05) is 6.54 Å². The molecule has 2 N–H and O–H groups in total. The number of aryl methyl sites for hydroxylation is 1. The third-order valence-electron chi connectivity index (χ3n) is 3.98. The maximum absolute atomic E-state index is 10.2. The van der Waals surface area contributed by atoms with E-state index in [4.69, 9.17) is 0 Å². The van der Waals surface area contributed by atoms with Crippen molar-refractivity contribution in [3.63, 3.8) is 0 Å². The van der Waals surface area contributed by atoms with Crippen molar-refractivity contribution in [3.8, 4) is 0 Å². The van der Waals surface area contributed by atoms with Crippen molar-refractivity contribution in [2.45, 2.75) is 31.4 Å². The molecule has 1 aromatic heterocycles. The highest BCUT2D eigenvalue weighted by atomic mass is 16.3. The normalized spacial score (nSPS) is 19.6. The molecule has 5 heteroatoms. The number of nitrogens with zero attached hydrogens (tertiary/aromatic N) is 3. The molecular weight excluding hydrogens is 252 g/mol. The van der Waals surface area contributed by atoms with E-state index < -0.39 is 6.10 Å². The number of nitrogens with one attached hydrogen (secondary N) is 1. The number of fused-ring (bicyclic) bond motifs is 1. The van der Waals surface area contributed by atoms with Gasteiger partial charge in [-0.15, -0.1) is 5.10 Å². The Bertz CT molecular complexity index is 567. The summed E-state index contributed by atoms with van der Waals surface area (Å²) < 4.78 is 1.87. The van der Waals surface area contributed by atoms with Gasteiger partial charge in [0.15, 0.2) is 0 Å². The van der Waals surface area contributed by atoms with Crippen LogP contribution >= 0.6 is 0 Å². The van der Waals surface area contributed by atoms with Crippen molar-refractivity contribution in [3.05, 3.63) is 47.3 Å². The molecule has 0 bridgehead atoms. The number of aliphatic hydroxyl groups is 1. The van der Waals surface area contributed by atoms with Crippen LogP contribution < -0.4 is 5.32 Å². The van der Waals surface area contributed by atoms with E-state index in [2.05, 4.69) is 15.6 Å². The predicted molar refractivity (Wildman–Crippen MR) is 76.2 cm³/mol. The van der Waals surface area contributed by atoms with Gasteiger partial charge in [-0.1, -0.05) is 35.5 Å². The van der Waals surface area contributed by atoms with E-state index in [1.165, 1.54) is 5.69 Å². The molecule has 1 aliphatic carbocycles. The Kier molecular flexibility index (Phi) is 3.80. The zero-order chi connectivity index (χ0) is 13.9. The van der Waals surface area contributed by atoms with Gasteiger partial charge < -0.3 is 10.4 Å². The SMILES string of the molecule is Cn1nnc2c1CCC(NC[C@@H](O)c1ccccc1)C2. The topological polar surface area (TPSA) is 63.0 Å². The Balaban J connectivity index is 1.55. The number of rotatable bonds is 4. The predicted octanol–water partition coefficient (Wildman–Crippen LogP) is 0.996. The molecule has 5 nitrogen and oxygen atoms in total. The molecule has 0 radical (unpaired) electrons. The van der Waals surface area contributed by atoms with Crippen molar-refractivity contribution >= 4 is 0 Å². The number of aliphatic hydroxyl groups excluding tert-OH is 1. The highest BCUT2D eigenvalue weighted by Gasteiger charge is 2.23. The molecule has 106 valence electrons. The van der Waals surface area contributed by atoms with Crippen molar-refractivity contribution in [1.82, 2.24) is 20.3 Å². The zero-order valence-corrected chi connectivity index (χ0v) is 11.7. The lowest BCUT2D eigenvalue weighted by Gasteiger charge is -2.24. The van der Waals surface area contributed by atoms with Crippen molar-refractivity contribution in [1.29, 1.82) is 0 Å². The highest BCUT2D eigenvalue weighted by molar-refractivity contribution is 5.18. The van der Waals surface area contributed by atoms with Gasteiger partial charge in [0, 0.05) is 26.1 Å². The molecular formula is C15H20N4O. The molecule has 1 unspecified atom stereocenters. The summed E-state index contributed by atoms with van der Waals surface area (Å²) in [5.41, 5.74) is 3.29. The average molecular weight is 272 g/mol. The first-order chi connectivity index (χ1) is 9.74. The minimum absolute atomic E-state index is 0.373. The van der Waals surface area contributed by atoms with Crippen LogP contribution in [0.2, 0.25) is 0 Å².